The number of nitrogens with two attached hydrogens (primary N) is 1. The molecule has 12 heavy (non-hydrogen) atoms. The fraction of sp³-hybridized carbons (Fsp3) is 0.700. The first-order valence-corrected chi connectivity index (χ1v) is 4.43. The van der Waals surface area contributed by atoms with Crippen LogP contribution in [0.2, 0.25) is 0 Å². The van der Waals surface area contributed by atoms with Gasteiger partial charge in [-0.05, 0) is 36.7 Å². The van der Waals surface area contributed by atoms with Crippen molar-refractivity contribution in [2.45, 2.75) is 39.5 Å². The Bertz CT molecular complexity index is 243. The predicted octanol–water partition coefficient (Wildman–Crippen LogP) is 2.32. The van der Waals surface area contributed by atoms with Crippen molar-refractivity contribution in [2.24, 2.45) is 11.1 Å². The zero-order valence-corrected chi connectivity index (χ0v) is 7.85. The molecule has 1 saturated carbocycles. The third-order valence-electron chi connectivity index (χ3n) is 2.53. The first-order valence-electron chi connectivity index (χ1n) is 4.43. The van der Waals surface area contributed by atoms with Crippen molar-refractivity contribution < 1.29 is 0 Å². The zero-order valence-electron chi connectivity index (χ0n) is 7.85. The SMILES string of the molecule is CC1(C)CCC/C(=C(/N)C#N)C1. The molecule has 0 radical (unpaired) electrons. The molecule has 2 heteroatoms. The summed E-state index contributed by atoms with van der Waals surface area (Å²) in [6, 6.07) is 2.03. The minimum Gasteiger partial charge on any atom is -0.390 e. The molecule has 0 aromatic heterocycles. The van der Waals surface area contributed by atoms with Gasteiger partial charge in [0.2, 0.25) is 0 Å². The van der Waals surface area contributed by atoms with Crippen LogP contribution in [0.1, 0.15) is 39.5 Å². The standard InChI is InChI=1S/C10H16N2/c1-10(2)5-3-4-8(6-10)9(12)7-11/h3-6,12H2,1-2H3/b9-8-. The fourth-order valence-corrected chi connectivity index (χ4v) is 1.84. The quantitative estimate of drug-likeness (QED) is 0.558. The Labute approximate surface area is 74.1 Å². The lowest BCUT2D eigenvalue weighted by atomic mass is 9.74. The molecule has 0 heterocycles. The predicted molar refractivity (Wildman–Crippen MR) is 49.1 cm³/mol. The maximum absolute atomic E-state index is 8.62. The van der Waals surface area contributed by atoms with E-state index in [-0.39, 0.29) is 0 Å². The Morgan fingerprint density at radius 1 is 1.58 bits per heavy atom. The van der Waals surface area contributed by atoms with Gasteiger partial charge in [0.15, 0.2) is 0 Å². The van der Waals surface area contributed by atoms with E-state index in [2.05, 4.69) is 13.8 Å². The summed E-state index contributed by atoms with van der Waals surface area (Å²) >= 11 is 0. The van der Waals surface area contributed by atoms with E-state index in [9.17, 15) is 0 Å². The Hall–Kier alpha value is -0.970. The Balaban J connectivity index is 2.78. The van der Waals surface area contributed by atoms with E-state index in [1.807, 2.05) is 6.07 Å². The molecule has 0 unspecified atom stereocenters. The molecule has 0 amide bonds. The summed E-state index contributed by atoms with van der Waals surface area (Å²) in [6.07, 6.45) is 4.43. The van der Waals surface area contributed by atoms with Crippen LogP contribution in [0.3, 0.4) is 0 Å². The number of hydrogen-bond acceptors (Lipinski definition) is 2. The van der Waals surface area contributed by atoms with Crippen LogP contribution >= 0.6 is 0 Å². The summed E-state index contributed by atoms with van der Waals surface area (Å²) in [6.45, 7) is 4.47. The topological polar surface area (TPSA) is 49.8 Å². The highest BCUT2D eigenvalue weighted by molar-refractivity contribution is 5.26. The number of nitrogens with zero attached hydrogens (tertiary/aromatic N) is 1. The molecular weight excluding hydrogens is 148 g/mol. The van der Waals surface area contributed by atoms with Gasteiger partial charge in [-0.1, -0.05) is 13.8 Å². The van der Waals surface area contributed by atoms with E-state index in [0.29, 0.717) is 11.1 Å². The van der Waals surface area contributed by atoms with E-state index in [0.717, 1.165) is 18.4 Å². The van der Waals surface area contributed by atoms with Gasteiger partial charge in [0.1, 0.15) is 11.8 Å². The van der Waals surface area contributed by atoms with Crippen LogP contribution in [0, 0.1) is 16.7 Å². The van der Waals surface area contributed by atoms with Crippen molar-refractivity contribution >= 4 is 0 Å². The second-order valence-corrected chi connectivity index (χ2v) is 4.32. The Morgan fingerprint density at radius 2 is 2.25 bits per heavy atom. The smallest absolute Gasteiger partial charge is 0.117 e. The summed E-state index contributed by atoms with van der Waals surface area (Å²) in [5.74, 6) is 0. The Kier molecular flexibility index (Phi) is 2.42. The van der Waals surface area contributed by atoms with Crippen molar-refractivity contribution in [3.8, 4) is 6.07 Å². The highest BCUT2D eigenvalue weighted by atomic mass is 14.6. The molecule has 1 aliphatic rings. The molecule has 2 N–H and O–H groups in total. The molecular formula is C10H16N2. The number of hydrogen-bond donors (Lipinski definition) is 1. The van der Waals surface area contributed by atoms with Gasteiger partial charge in [-0.15, -0.1) is 0 Å². The molecule has 0 aromatic rings. The van der Waals surface area contributed by atoms with E-state index in [1.165, 1.54) is 12.8 Å². The summed E-state index contributed by atoms with van der Waals surface area (Å²) in [5, 5.41) is 8.62. The van der Waals surface area contributed by atoms with E-state index < -0.39 is 0 Å². The number of allylic oxidation sites excluding steroid dienone is 2. The second kappa shape index (κ2) is 3.18. The van der Waals surface area contributed by atoms with Gasteiger partial charge >= 0.3 is 0 Å². The van der Waals surface area contributed by atoms with E-state index in [4.69, 9.17) is 11.0 Å². The number of rotatable bonds is 0. The van der Waals surface area contributed by atoms with Crippen LogP contribution in [0.5, 0.6) is 0 Å². The lowest BCUT2D eigenvalue weighted by Crippen LogP contribution is -2.19. The van der Waals surface area contributed by atoms with Crippen molar-refractivity contribution in [1.82, 2.24) is 0 Å². The first kappa shape index (κ1) is 9.12. The average Bonchev–Trinajstić information content (AvgIpc) is 2.01. The van der Waals surface area contributed by atoms with Crippen LogP contribution in [0.25, 0.3) is 0 Å². The van der Waals surface area contributed by atoms with Crippen molar-refractivity contribution in [2.75, 3.05) is 0 Å². The van der Waals surface area contributed by atoms with Crippen molar-refractivity contribution in [3.05, 3.63) is 11.3 Å². The van der Waals surface area contributed by atoms with Crippen molar-refractivity contribution in [1.29, 1.82) is 5.26 Å². The van der Waals surface area contributed by atoms with Crippen LogP contribution in [0.15, 0.2) is 11.3 Å². The maximum atomic E-state index is 8.62. The van der Waals surface area contributed by atoms with Crippen LogP contribution in [-0.2, 0) is 0 Å². The first-order chi connectivity index (χ1) is 5.55. The highest BCUT2D eigenvalue weighted by Gasteiger charge is 2.25. The third kappa shape index (κ3) is 2.01. The maximum Gasteiger partial charge on any atom is 0.117 e. The minimum absolute atomic E-state index is 0.342. The summed E-state index contributed by atoms with van der Waals surface area (Å²) in [4.78, 5) is 0. The molecule has 0 aromatic carbocycles. The molecule has 2 nitrogen and oxygen atoms in total. The lowest BCUT2D eigenvalue weighted by Gasteiger charge is -2.31. The van der Waals surface area contributed by atoms with Crippen LogP contribution < -0.4 is 5.73 Å². The highest BCUT2D eigenvalue weighted by Crippen LogP contribution is 2.38. The minimum atomic E-state index is 0.342. The van der Waals surface area contributed by atoms with Gasteiger partial charge in [0.05, 0.1) is 0 Å². The zero-order chi connectivity index (χ0) is 9.19. The van der Waals surface area contributed by atoms with Crippen molar-refractivity contribution in [3.63, 3.8) is 0 Å². The van der Waals surface area contributed by atoms with Gasteiger partial charge in [-0.3, -0.25) is 0 Å². The third-order valence-corrected chi connectivity index (χ3v) is 2.53. The van der Waals surface area contributed by atoms with E-state index >= 15 is 0 Å². The molecule has 0 spiro atoms. The van der Waals surface area contributed by atoms with Gasteiger partial charge in [-0.25, -0.2) is 0 Å². The molecule has 66 valence electrons. The second-order valence-electron chi connectivity index (χ2n) is 4.32. The van der Waals surface area contributed by atoms with Crippen LogP contribution in [-0.4, -0.2) is 0 Å². The van der Waals surface area contributed by atoms with E-state index in [1.54, 1.807) is 0 Å². The molecule has 0 saturated heterocycles. The molecule has 1 rings (SSSR count). The normalized spacial score (nSPS) is 26.1. The number of nitriles is 1. The average molecular weight is 164 g/mol. The summed E-state index contributed by atoms with van der Waals surface area (Å²) in [5.41, 5.74) is 7.54. The summed E-state index contributed by atoms with van der Waals surface area (Å²) in [7, 11) is 0. The molecule has 1 aliphatic carbocycles. The molecule has 0 aliphatic heterocycles. The largest absolute Gasteiger partial charge is 0.390 e. The van der Waals surface area contributed by atoms with Gasteiger partial charge < -0.3 is 5.73 Å². The van der Waals surface area contributed by atoms with Gasteiger partial charge in [-0.2, -0.15) is 5.26 Å². The van der Waals surface area contributed by atoms with Gasteiger partial charge in [0, 0.05) is 0 Å². The molecule has 0 atom stereocenters. The molecule has 1 fully saturated rings. The van der Waals surface area contributed by atoms with Gasteiger partial charge in [0.25, 0.3) is 0 Å². The Morgan fingerprint density at radius 3 is 2.75 bits per heavy atom. The lowest BCUT2D eigenvalue weighted by molar-refractivity contribution is 0.288. The summed E-state index contributed by atoms with van der Waals surface area (Å²) < 4.78 is 0. The fourth-order valence-electron chi connectivity index (χ4n) is 1.84. The van der Waals surface area contributed by atoms with Crippen LogP contribution in [0.4, 0.5) is 0 Å². The monoisotopic (exact) mass is 164 g/mol. The molecule has 0 bridgehead atoms.